The van der Waals surface area contributed by atoms with Crippen LogP contribution in [-0.2, 0) is 33.3 Å². The lowest BCUT2D eigenvalue weighted by atomic mass is 10.0. The number of hydrogen-bond donors (Lipinski definition) is 1. The van der Waals surface area contributed by atoms with E-state index in [-0.39, 0.29) is 32.2 Å². The van der Waals surface area contributed by atoms with E-state index in [2.05, 4.69) is 5.32 Å². The molecule has 1 aromatic carbocycles. The van der Waals surface area contributed by atoms with Crippen molar-refractivity contribution in [3.8, 4) is 0 Å². The summed E-state index contributed by atoms with van der Waals surface area (Å²) >= 11 is 0. The smallest absolute Gasteiger partial charge is 0.414 e. The summed E-state index contributed by atoms with van der Waals surface area (Å²) in [6.45, 7) is 2.85. The number of anilines is 2. The summed E-state index contributed by atoms with van der Waals surface area (Å²) in [5.41, 5.74) is 0.775. The molecule has 0 bridgehead atoms. The van der Waals surface area contributed by atoms with Crippen molar-refractivity contribution in [2.75, 3.05) is 55.4 Å². The Morgan fingerprint density at radius 2 is 2.03 bits per heavy atom. The van der Waals surface area contributed by atoms with Crippen LogP contribution >= 0.6 is 0 Å². The third kappa shape index (κ3) is 5.77. The summed E-state index contributed by atoms with van der Waals surface area (Å²) in [5.74, 6) is -1.53. The van der Waals surface area contributed by atoms with Crippen molar-refractivity contribution in [2.45, 2.75) is 37.8 Å². The lowest BCUT2D eigenvalue weighted by molar-refractivity contribution is -0.182. The van der Waals surface area contributed by atoms with Crippen LogP contribution in [0.1, 0.15) is 19.8 Å². The molecule has 1 N–H and O–H groups in total. The average molecular weight is 502 g/mol. The third-order valence-electron chi connectivity index (χ3n) is 5.94. The number of ether oxygens (including phenoxy) is 3. The van der Waals surface area contributed by atoms with Crippen LogP contribution in [-0.4, -0.2) is 84.1 Å². The van der Waals surface area contributed by atoms with Crippen molar-refractivity contribution in [3.05, 3.63) is 24.0 Å². The number of carbonyl (C=O) groups excluding carboxylic acids is 2. The van der Waals surface area contributed by atoms with Crippen LogP contribution in [0.5, 0.6) is 0 Å². The highest BCUT2D eigenvalue weighted by molar-refractivity contribution is 7.85. The summed E-state index contributed by atoms with van der Waals surface area (Å²) in [7, 11) is -3.56. The average Bonchev–Trinajstić information content (AvgIpc) is 3.34. The minimum absolute atomic E-state index is 0.106. The van der Waals surface area contributed by atoms with Gasteiger partial charge in [0.25, 0.3) is 10.1 Å². The third-order valence-corrected chi connectivity index (χ3v) is 6.51. The van der Waals surface area contributed by atoms with Crippen LogP contribution in [0.4, 0.5) is 20.6 Å². The normalized spacial score (nSPS) is 24.5. The number of rotatable bonds is 7. The first-order valence-corrected chi connectivity index (χ1v) is 12.8. The molecule has 2 atom stereocenters. The van der Waals surface area contributed by atoms with Crippen molar-refractivity contribution in [1.82, 2.24) is 5.32 Å². The zero-order chi connectivity index (χ0) is 24.5. The second-order valence-electron chi connectivity index (χ2n) is 8.63. The fourth-order valence-corrected chi connectivity index (χ4v) is 4.66. The fraction of sp³-hybridized carbons (Fsp3) is 0.619. The molecular weight excluding hydrogens is 473 g/mol. The maximum absolute atomic E-state index is 15.0. The number of carbonyl (C=O) groups is 2. The molecule has 3 heterocycles. The van der Waals surface area contributed by atoms with Gasteiger partial charge in [0, 0.05) is 32.9 Å². The van der Waals surface area contributed by atoms with E-state index >= 15 is 0 Å². The van der Waals surface area contributed by atoms with Gasteiger partial charge < -0.3 is 24.4 Å². The van der Waals surface area contributed by atoms with Gasteiger partial charge in [-0.05, 0) is 18.2 Å². The Bertz CT molecular complexity index is 1040. The van der Waals surface area contributed by atoms with Gasteiger partial charge in [-0.3, -0.25) is 13.9 Å². The number of cyclic esters (lactones) is 1. The minimum atomic E-state index is -3.56. The molecule has 1 spiro atoms. The Morgan fingerprint density at radius 1 is 1.29 bits per heavy atom. The Labute approximate surface area is 197 Å². The molecule has 0 aromatic heterocycles. The number of piperidine rings is 1. The van der Waals surface area contributed by atoms with E-state index in [0.717, 1.165) is 6.26 Å². The molecule has 3 saturated heterocycles. The van der Waals surface area contributed by atoms with Crippen molar-refractivity contribution >= 4 is 33.5 Å². The van der Waals surface area contributed by atoms with E-state index in [9.17, 15) is 22.4 Å². The minimum Gasteiger partial charge on any atom is -0.442 e. The first kappa shape index (κ1) is 24.6. The van der Waals surface area contributed by atoms with E-state index in [1.54, 1.807) is 12.1 Å². The number of nitrogens with one attached hydrogen (secondary N) is 1. The van der Waals surface area contributed by atoms with E-state index in [1.165, 1.54) is 17.9 Å². The molecule has 3 aliphatic heterocycles. The number of benzene rings is 1. The summed E-state index contributed by atoms with van der Waals surface area (Å²) < 4.78 is 59.1. The summed E-state index contributed by atoms with van der Waals surface area (Å²) in [5, 5.41) is 2.60. The highest BCUT2D eigenvalue weighted by Crippen LogP contribution is 2.37. The topological polar surface area (TPSA) is 124 Å². The number of nitrogens with zero attached hydrogens (tertiary/aromatic N) is 2. The number of amides is 2. The molecule has 3 fully saturated rings. The van der Waals surface area contributed by atoms with Gasteiger partial charge in [0.05, 0.1) is 43.9 Å². The Kier molecular flexibility index (Phi) is 6.99. The van der Waals surface area contributed by atoms with Gasteiger partial charge in [0.15, 0.2) is 5.79 Å². The summed E-state index contributed by atoms with van der Waals surface area (Å²) in [4.78, 5) is 26.5. The molecule has 0 saturated carbocycles. The molecule has 2 amide bonds. The zero-order valence-electron chi connectivity index (χ0n) is 19.0. The number of hydrogen-bond acceptors (Lipinski definition) is 9. The highest BCUT2D eigenvalue weighted by atomic mass is 32.2. The quantitative estimate of drug-likeness (QED) is 0.545. The van der Waals surface area contributed by atoms with Crippen LogP contribution in [0, 0.1) is 5.82 Å². The van der Waals surface area contributed by atoms with Crippen LogP contribution in [0.3, 0.4) is 0 Å². The van der Waals surface area contributed by atoms with E-state index < -0.39 is 40.0 Å². The van der Waals surface area contributed by atoms with Gasteiger partial charge in [-0.15, -0.1) is 0 Å². The van der Waals surface area contributed by atoms with Crippen molar-refractivity contribution < 1.29 is 40.8 Å². The maximum atomic E-state index is 15.0. The largest absolute Gasteiger partial charge is 0.442 e. The van der Waals surface area contributed by atoms with Gasteiger partial charge in [0.2, 0.25) is 5.91 Å². The van der Waals surface area contributed by atoms with Crippen LogP contribution in [0.2, 0.25) is 0 Å². The maximum Gasteiger partial charge on any atom is 0.414 e. The Morgan fingerprint density at radius 3 is 2.68 bits per heavy atom. The first-order valence-electron chi connectivity index (χ1n) is 11.0. The molecule has 188 valence electrons. The Hall–Kier alpha value is -2.48. The summed E-state index contributed by atoms with van der Waals surface area (Å²) in [6.07, 6.45) is 0.364. The van der Waals surface area contributed by atoms with Crippen molar-refractivity contribution in [3.63, 3.8) is 0 Å². The Balaban J connectivity index is 1.33. The lowest BCUT2D eigenvalue weighted by Crippen LogP contribution is -2.46. The molecule has 34 heavy (non-hydrogen) atoms. The van der Waals surface area contributed by atoms with Gasteiger partial charge in [-0.1, -0.05) is 0 Å². The molecule has 0 radical (unpaired) electrons. The van der Waals surface area contributed by atoms with Gasteiger partial charge in [0.1, 0.15) is 18.0 Å². The van der Waals surface area contributed by atoms with Crippen molar-refractivity contribution in [1.29, 1.82) is 0 Å². The molecule has 11 nitrogen and oxygen atoms in total. The van der Waals surface area contributed by atoms with Crippen LogP contribution in [0.25, 0.3) is 0 Å². The van der Waals surface area contributed by atoms with E-state index in [4.69, 9.17) is 18.4 Å². The number of halogens is 1. The monoisotopic (exact) mass is 501 g/mol. The predicted molar refractivity (Wildman–Crippen MR) is 118 cm³/mol. The molecule has 4 rings (SSSR count). The SMILES string of the molecule is CC(=O)NCC1CN(c2ccc(N3CCC4(CC3)OCC(COS(C)(=O)=O)O4)c(F)c2)C(=O)O1. The van der Waals surface area contributed by atoms with Crippen LogP contribution < -0.4 is 15.1 Å². The highest BCUT2D eigenvalue weighted by Gasteiger charge is 2.44. The lowest BCUT2D eigenvalue weighted by Gasteiger charge is -2.39. The molecule has 1 aromatic rings. The standard InChI is InChI=1S/C21H28FN3O8S/c1-14(26)23-10-16-11-25(20(27)32-16)15-3-4-19(18(22)9-15)24-7-5-21(6-8-24)30-12-17(33-21)13-31-34(2,28)29/h3-4,9,16-17H,5-8,10-13H2,1-2H3,(H,23,26). The molecule has 0 aliphatic carbocycles. The van der Waals surface area contributed by atoms with E-state index in [1.807, 2.05) is 4.90 Å². The fourth-order valence-electron chi connectivity index (χ4n) is 4.27. The van der Waals surface area contributed by atoms with Crippen molar-refractivity contribution in [2.24, 2.45) is 0 Å². The molecule has 2 unspecified atom stereocenters. The first-order chi connectivity index (χ1) is 16.0. The van der Waals surface area contributed by atoms with E-state index in [0.29, 0.717) is 37.3 Å². The van der Waals surface area contributed by atoms with Crippen LogP contribution in [0.15, 0.2) is 18.2 Å². The van der Waals surface area contributed by atoms with Gasteiger partial charge in [-0.2, -0.15) is 8.42 Å². The summed E-state index contributed by atoms with van der Waals surface area (Å²) in [6, 6.07) is 4.57. The van der Waals surface area contributed by atoms with Gasteiger partial charge in [-0.25, -0.2) is 9.18 Å². The second-order valence-corrected chi connectivity index (χ2v) is 10.3. The van der Waals surface area contributed by atoms with Gasteiger partial charge >= 0.3 is 6.09 Å². The zero-order valence-corrected chi connectivity index (χ0v) is 19.8. The molecule has 3 aliphatic rings. The second kappa shape index (κ2) is 9.64. The molecular formula is C21H28FN3O8S. The molecule has 13 heteroatoms. The predicted octanol–water partition coefficient (Wildman–Crippen LogP) is 0.975.